The van der Waals surface area contributed by atoms with Crippen LogP contribution in [0.2, 0.25) is 0 Å². The van der Waals surface area contributed by atoms with Crippen LogP contribution in [0.25, 0.3) is 6.08 Å². The molecule has 0 aliphatic carbocycles. The van der Waals surface area contributed by atoms with Crippen molar-refractivity contribution >= 4 is 29.3 Å². The number of nitrogens with zero attached hydrogens (tertiary/aromatic N) is 1. The van der Waals surface area contributed by atoms with Crippen LogP contribution in [0.5, 0.6) is 5.75 Å². The molecule has 0 spiro atoms. The fourth-order valence-corrected chi connectivity index (χ4v) is 1.92. The number of thiocarbonyl (C=S) groups is 1. The topological polar surface area (TPSA) is 52.6 Å². The van der Waals surface area contributed by atoms with E-state index in [9.17, 15) is 4.79 Å². The molecular weight excluding hydrogens is 236 g/mol. The van der Waals surface area contributed by atoms with Crippen LogP contribution in [0, 0.1) is 0 Å². The first kappa shape index (κ1) is 11.6. The number of carbonyl (C=O) groups excluding carboxylic acids is 1. The molecule has 1 fully saturated rings. The SMILES string of the molecule is CCN1C(=O)C(=Cc2ccc(O)cc2)NC1=S. The summed E-state index contributed by atoms with van der Waals surface area (Å²) >= 11 is 5.04. The molecule has 5 heteroatoms. The van der Waals surface area contributed by atoms with Gasteiger partial charge in [0.15, 0.2) is 5.11 Å². The van der Waals surface area contributed by atoms with E-state index in [1.54, 1.807) is 30.3 Å². The van der Waals surface area contributed by atoms with E-state index in [1.807, 2.05) is 6.92 Å². The van der Waals surface area contributed by atoms with E-state index in [0.29, 0.717) is 17.4 Å². The predicted molar refractivity (Wildman–Crippen MR) is 69.2 cm³/mol. The molecule has 1 aromatic rings. The van der Waals surface area contributed by atoms with Gasteiger partial charge in [0.1, 0.15) is 11.4 Å². The molecule has 88 valence electrons. The first-order valence-electron chi connectivity index (χ1n) is 5.25. The van der Waals surface area contributed by atoms with E-state index in [2.05, 4.69) is 5.32 Å². The molecule has 0 atom stereocenters. The minimum absolute atomic E-state index is 0.120. The molecule has 1 amide bonds. The Labute approximate surface area is 105 Å². The van der Waals surface area contributed by atoms with Crippen LogP contribution < -0.4 is 5.32 Å². The fourth-order valence-electron chi connectivity index (χ4n) is 1.60. The third-order valence-corrected chi connectivity index (χ3v) is 2.81. The molecule has 0 radical (unpaired) electrons. The average Bonchev–Trinajstić information content (AvgIpc) is 2.57. The summed E-state index contributed by atoms with van der Waals surface area (Å²) in [6.45, 7) is 2.42. The van der Waals surface area contributed by atoms with Gasteiger partial charge in [0.25, 0.3) is 5.91 Å². The molecule has 1 aromatic carbocycles. The molecule has 1 saturated heterocycles. The second kappa shape index (κ2) is 4.55. The monoisotopic (exact) mass is 248 g/mol. The highest BCUT2D eigenvalue weighted by Gasteiger charge is 2.28. The molecule has 17 heavy (non-hydrogen) atoms. The average molecular weight is 248 g/mol. The molecule has 2 N–H and O–H groups in total. The molecular formula is C12H12N2O2S. The Bertz CT molecular complexity index is 494. The van der Waals surface area contributed by atoms with E-state index in [1.165, 1.54) is 4.90 Å². The van der Waals surface area contributed by atoms with E-state index in [0.717, 1.165) is 5.56 Å². The smallest absolute Gasteiger partial charge is 0.276 e. The van der Waals surface area contributed by atoms with Crippen LogP contribution in [0.3, 0.4) is 0 Å². The fraction of sp³-hybridized carbons (Fsp3) is 0.167. The van der Waals surface area contributed by atoms with Gasteiger partial charge in [-0.15, -0.1) is 0 Å². The minimum Gasteiger partial charge on any atom is -0.508 e. The maximum absolute atomic E-state index is 11.9. The molecule has 0 unspecified atom stereocenters. The van der Waals surface area contributed by atoms with Crippen LogP contribution >= 0.6 is 12.2 Å². The Balaban J connectivity index is 2.27. The van der Waals surface area contributed by atoms with Crippen molar-refractivity contribution in [2.75, 3.05) is 6.54 Å². The Morgan fingerprint density at radius 3 is 2.59 bits per heavy atom. The third-order valence-electron chi connectivity index (χ3n) is 2.48. The van der Waals surface area contributed by atoms with E-state index in [4.69, 9.17) is 17.3 Å². The van der Waals surface area contributed by atoms with Crippen LogP contribution in [0.15, 0.2) is 30.0 Å². The number of phenols is 1. The Hall–Kier alpha value is -1.88. The summed E-state index contributed by atoms with van der Waals surface area (Å²) in [5, 5.41) is 12.5. The largest absolute Gasteiger partial charge is 0.508 e. The number of benzene rings is 1. The number of nitrogens with one attached hydrogen (secondary N) is 1. The van der Waals surface area contributed by atoms with E-state index < -0.39 is 0 Å². The summed E-state index contributed by atoms with van der Waals surface area (Å²) in [4.78, 5) is 13.4. The zero-order valence-electron chi connectivity index (χ0n) is 9.30. The number of likely N-dealkylation sites (N-methyl/N-ethyl adjacent to an activating group) is 1. The highest BCUT2D eigenvalue weighted by Crippen LogP contribution is 2.16. The highest BCUT2D eigenvalue weighted by molar-refractivity contribution is 7.80. The van der Waals surface area contributed by atoms with Crippen molar-refractivity contribution in [3.05, 3.63) is 35.5 Å². The molecule has 1 heterocycles. The summed E-state index contributed by atoms with van der Waals surface area (Å²) in [5.74, 6) is 0.0779. The maximum Gasteiger partial charge on any atom is 0.276 e. The molecule has 0 saturated carbocycles. The number of phenolic OH excluding ortho intramolecular Hbond substituents is 1. The first-order chi connectivity index (χ1) is 8.11. The molecule has 1 aliphatic heterocycles. The Morgan fingerprint density at radius 2 is 2.06 bits per heavy atom. The quantitative estimate of drug-likeness (QED) is 0.614. The van der Waals surface area contributed by atoms with Crippen LogP contribution in [-0.4, -0.2) is 27.6 Å². The van der Waals surface area contributed by atoms with Gasteiger partial charge in [0.2, 0.25) is 0 Å². The van der Waals surface area contributed by atoms with Gasteiger partial charge in [-0.3, -0.25) is 9.69 Å². The van der Waals surface area contributed by atoms with Crippen molar-refractivity contribution in [2.24, 2.45) is 0 Å². The lowest BCUT2D eigenvalue weighted by Crippen LogP contribution is -2.30. The van der Waals surface area contributed by atoms with Crippen LogP contribution in [0.4, 0.5) is 0 Å². The van der Waals surface area contributed by atoms with Crippen molar-refractivity contribution in [3.63, 3.8) is 0 Å². The van der Waals surface area contributed by atoms with Crippen molar-refractivity contribution < 1.29 is 9.90 Å². The van der Waals surface area contributed by atoms with Gasteiger partial charge in [-0.25, -0.2) is 0 Å². The number of hydrogen-bond acceptors (Lipinski definition) is 3. The number of aromatic hydroxyl groups is 1. The van der Waals surface area contributed by atoms with Crippen molar-refractivity contribution in [3.8, 4) is 5.75 Å². The Kier molecular flexibility index (Phi) is 3.10. The van der Waals surface area contributed by atoms with Gasteiger partial charge >= 0.3 is 0 Å². The number of amides is 1. The first-order valence-corrected chi connectivity index (χ1v) is 5.66. The molecule has 0 bridgehead atoms. The molecule has 0 aromatic heterocycles. The zero-order chi connectivity index (χ0) is 12.4. The van der Waals surface area contributed by atoms with Crippen molar-refractivity contribution in [2.45, 2.75) is 6.92 Å². The lowest BCUT2D eigenvalue weighted by atomic mass is 10.2. The van der Waals surface area contributed by atoms with Gasteiger partial charge in [-0.2, -0.15) is 0 Å². The van der Waals surface area contributed by atoms with Gasteiger partial charge < -0.3 is 10.4 Å². The third kappa shape index (κ3) is 2.29. The Morgan fingerprint density at radius 1 is 1.41 bits per heavy atom. The lowest BCUT2D eigenvalue weighted by molar-refractivity contribution is -0.122. The van der Waals surface area contributed by atoms with Crippen molar-refractivity contribution in [1.82, 2.24) is 10.2 Å². The molecule has 4 nitrogen and oxygen atoms in total. The highest BCUT2D eigenvalue weighted by atomic mass is 32.1. The zero-order valence-corrected chi connectivity index (χ0v) is 10.1. The van der Waals surface area contributed by atoms with Crippen LogP contribution in [0.1, 0.15) is 12.5 Å². The predicted octanol–water partition coefficient (Wildman–Crippen LogP) is 1.47. The van der Waals surface area contributed by atoms with E-state index >= 15 is 0 Å². The second-order valence-corrected chi connectivity index (χ2v) is 4.02. The molecule has 2 rings (SSSR count). The summed E-state index contributed by atoms with van der Waals surface area (Å²) < 4.78 is 0. The maximum atomic E-state index is 11.9. The van der Waals surface area contributed by atoms with Gasteiger partial charge in [0, 0.05) is 6.54 Å². The van der Waals surface area contributed by atoms with Crippen LogP contribution in [-0.2, 0) is 4.79 Å². The summed E-state index contributed by atoms with van der Waals surface area (Å²) in [5.41, 5.74) is 1.29. The summed E-state index contributed by atoms with van der Waals surface area (Å²) in [6.07, 6.45) is 1.71. The number of hydrogen-bond donors (Lipinski definition) is 2. The van der Waals surface area contributed by atoms with E-state index in [-0.39, 0.29) is 11.7 Å². The summed E-state index contributed by atoms with van der Waals surface area (Å²) in [6, 6.07) is 6.60. The van der Waals surface area contributed by atoms with Gasteiger partial charge in [-0.05, 0) is 42.9 Å². The number of carbonyl (C=O) groups is 1. The minimum atomic E-state index is -0.120. The number of rotatable bonds is 2. The summed E-state index contributed by atoms with van der Waals surface area (Å²) in [7, 11) is 0. The standard InChI is InChI=1S/C12H12N2O2S/c1-2-14-11(16)10(13-12(14)17)7-8-3-5-9(15)6-4-8/h3-7,15H,2H2,1H3,(H,13,17). The van der Waals surface area contributed by atoms with Gasteiger partial charge in [-0.1, -0.05) is 12.1 Å². The van der Waals surface area contributed by atoms with Crippen molar-refractivity contribution in [1.29, 1.82) is 0 Å². The lowest BCUT2D eigenvalue weighted by Gasteiger charge is -2.08. The normalized spacial score (nSPS) is 17.7. The molecule has 1 aliphatic rings. The van der Waals surface area contributed by atoms with Gasteiger partial charge in [0.05, 0.1) is 0 Å². The second-order valence-electron chi connectivity index (χ2n) is 3.63.